The maximum Gasteiger partial charge on any atom is 0.344 e. The van der Waals surface area contributed by atoms with Crippen LogP contribution < -0.4 is 4.74 Å². The number of nitro benzene ring substituents is 1. The minimum absolute atomic E-state index is 0.0386. The molecule has 0 atom stereocenters. The van der Waals surface area contributed by atoms with Crippen LogP contribution in [-0.4, -0.2) is 29.8 Å². The highest BCUT2D eigenvalue weighted by atomic mass is 16.6. The van der Waals surface area contributed by atoms with Crippen LogP contribution in [0.4, 0.5) is 11.4 Å². The molecule has 0 aromatic heterocycles. The van der Waals surface area contributed by atoms with Gasteiger partial charge in [-0.15, -0.1) is 0 Å². The third kappa shape index (κ3) is 5.70. The van der Waals surface area contributed by atoms with E-state index in [4.69, 9.17) is 9.47 Å². The Hall–Kier alpha value is -3.22. The fourth-order valence-corrected chi connectivity index (χ4v) is 2.11. The lowest BCUT2D eigenvalue weighted by Crippen LogP contribution is -2.18. The lowest BCUT2D eigenvalue weighted by Gasteiger charge is -2.09. The minimum atomic E-state index is -0.426. The highest BCUT2D eigenvalue weighted by Gasteiger charge is 2.10. The number of hydrogen-bond donors (Lipinski definition) is 0. The molecule has 7 nitrogen and oxygen atoms in total. The topological polar surface area (TPSA) is 91.0 Å². The van der Waals surface area contributed by atoms with E-state index in [1.165, 1.54) is 6.07 Å². The molecule has 136 valence electrons. The Morgan fingerprint density at radius 3 is 2.54 bits per heavy atom. The van der Waals surface area contributed by atoms with Gasteiger partial charge in [-0.2, -0.15) is 0 Å². The quantitative estimate of drug-likeness (QED) is 0.324. The molecular formula is C19H20N2O5. The van der Waals surface area contributed by atoms with Gasteiger partial charge >= 0.3 is 5.97 Å². The van der Waals surface area contributed by atoms with Crippen LogP contribution in [-0.2, 0) is 9.53 Å². The maximum absolute atomic E-state index is 11.4. The lowest BCUT2D eigenvalue weighted by molar-refractivity contribution is -0.385. The van der Waals surface area contributed by atoms with E-state index in [0.717, 1.165) is 5.56 Å². The second kappa shape index (κ2) is 8.75. The Bertz CT molecular complexity index is 813. The van der Waals surface area contributed by atoms with Gasteiger partial charge in [-0.1, -0.05) is 6.07 Å². The molecule has 0 heterocycles. The first-order valence-electron chi connectivity index (χ1n) is 8.06. The van der Waals surface area contributed by atoms with Crippen molar-refractivity contribution in [1.82, 2.24) is 0 Å². The normalized spacial score (nSPS) is 10.9. The van der Waals surface area contributed by atoms with Crippen molar-refractivity contribution in [2.45, 2.75) is 26.9 Å². The van der Waals surface area contributed by atoms with Crippen LogP contribution in [0.3, 0.4) is 0 Å². The highest BCUT2D eigenvalue weighted by molar-refractivity contribution is 5.82. The van der Waals surface area contributed by atoms with Crippen LogP contribution in [0.25, 0.3) is 0 Å². The molecule has 2 aromatic carbocycles. The van der Waals surface area contributed by atoms with Gasteiger partial charge in [0.15, 0.2) is 6.61 Å². The molecule has 0 saturated carbocycles. The Kier molecular flexibility index (Phi) is 6.43. The van der Waals surface area contributed by atoms with E-state index in [2.05, 4.69) is 4.99 Å². The average molecular weight is 356 g/mol. The number of ether oxygens (including phenoxy) is 2. The molecule has 2 rings (SSSR count). The summed E-state index contributed by atoms with van der Waals surface area (Å²) in [5.74, 6) is 0.112. The molecule has 0 aliphatic heterocycles. The van der Waals surface area contributed by atoms with E-state index in [-0.39, 0.29) is 18.4 Å². The summed E-state index contributed by atoms with van der Waals surface area (Å²) >= 11 is 0. The van der Waals surface area contributed by atoms with Crippen LogP contribution in [0.1, 0.15) is 25.0 Å². The average Bonchev–Trinajstić information content (AvgIpc) is 2.59. The third-order valence-electron chi connectivity index (χ3n) is 3.36. The van der Waals surface area contributed by atoms with Crippen LogP contribution in [0.2, 0.25) is 0 Å². The second-order valence-electron chi connectivity index (χ2n) is 5.88. The van der Waals surface area contributed by atoms with Gasteiger partial charge in [0.2, 0.25) is 0 Å². The third-order valence-corrected chi connectivity index (χ3v) is 3.36. The van der Waals surface area contributed by atoms with Crippen molar-refractivity contribution in [3.05, 3.63) is 63.7 Å². The van der Waals surface area contributed by atoms with Gasteiger partial charge in [-0.05, 0) is 56.7 Å². The number of nitrogens with zero attached hydrogens (tertiary/aromatic N) is 2. The molecular weight excluding hydrogens is 336 g/mol. The fraction of sp³-hybridized carbons (Fsp3) is 0.263. The summed E-state index contributed by atoms with van der Waals surface area (Å²) in [5.41, 5.74) is 1.92. The van der Waals surface area contributed by atoms with Crippen molar-refractivity contribution in [1.29, 1.82) is 0 Å². The number of benzene rings is 2. The molecule has 0 radical (unpaired) electrons. The Morgan fingerprint density at radius 1 is 1.23 bits per heavy atom. The number of carbonyl (C=O) groups excluding carboxylic acids is 1. The molecule has 0 aliphatic carbocycles. The largest absolute Gasteiger partial charge is 0.482 e. The van der Waals surface area contributed by atoms with Gasteiger partial charge in [0, 0.05) is 17.8 Å². The maximum atomic E-state index is 11.4. The highest BCUT2D eigenvalue weighted by Crippen LogP contribution is 2.24. The van der Waals surface area contributed by atoms with Crippen LogP contribution in [0.5, 0.6) is 5.75 Å². The monoisotopic (exact) mass is 356 g/mol. The standard InChI is InChI=1S/C19H20N2O5/c1-13(2)26-19(22)12-25-17-8-5-15(6-9-17)11-20-16-7-4-14(3)18(10-16)21(23)24/h4-11,13H,12H2,1-3H3. The second-order valence-corrected chi connectivity index (χ2v) is 5.88. The molecule has 0 saturated heterocycles. The van der Waals surface area contributed by atoms with Crippen LogP contribution in [0, 0.1) is 17.0 Å². The summed E-state index contributed by atoms with van der Waals surface area (Å²) in [5, 5.41) is 11.0. The van der Waals surface area contributed by atoms with Crippen molar-refractivity contribution in [2.75, 3.05) is 6.61 Å². The van der Waals surface area contributed by atoms with Gasteiger partial charge in [0.1, 0.15) is 5.75 Å². The van der Waals surface area contributed by atoms with E-state index in [1.807, 2.05) is 0 Å². The zero-order valence-corrected chi connectivity index (χ0v) is 14.8. The number of nitro groups is 1. The minimum Gasteiger partial charge on any atom is -0.482 e. The predicted octanol–water partition coefficient (Wildman–Crippen LogP) is 3.98. The van der Waals surface area contributed by atoms with Crippen molar-refractivity contribution in [2.24, 2.45) is 4.99 Å². The fourth-order valence-electron chi connectivity index (χ4n) is 2.11. The van der Waals surface area contributed by atoms with E-state index in [1.54, 1.807) is 63.4 Å². The first kappa shape index (κ1) is 19.1. The summed E-state index contributed by atoms with van der Waals surface area (Å²) in [6.07, 6.45) is 1.42. The van der Waals surface area contributed by atoms with Crippen molar-refractivity contribution >= 4 is 23.6 Å². The van der Waals surface area contributed by atoms with Gasteiger partial charge in [-0.25, -0.2) is 4.79 Å². The molecule has 0 unspecified atom stereocenters. The Morgan fingerprint density at radius 2 is 1.92 bits per heavy atom. The zero-order chi connectivity index (χ0) is 19.1. The van der Waals surface area contributed by atoms with E-state index < -0.39 is 10.9 Å². The van der Waals surface area contributed by atoms with Gasteiger partial charge in [-0.3, -0.25) is 15.1 Å². The number of aryl methyl sites for hydroxylation is 1. The van der Waals surface area contributed by atoms with Crippen molar-refractivity contribution in [3.63, 3.8) is 0 Å². The summed E-state index contributed by atoms with van der Waals surface area (Å²) < 4.78 is 10.3. The van der Waals surface area contributed by atoms with E-state index in [0.29, 0.717) is 17.0 Å². The Balaban J connectivity index is 1.98. The zero-order valence-electron chi connectivity index (χ0n) is 14.8. The molecule has 26 heavy (non-hydrogen) atoms. The van der Waals surface area contributed by atoms with Gasteiger partial charge in [0.05, 0.1) is 16.7 Å². The van der Waals surface area contributed by atoms with Gasteiger partial charge in [0.25, 0.3) is 5.69 Å². The van der Waals surface area contributed by atoms with Gasteiger partial charge < -0.3 is 9.47 Å². The van der Waals surface area contributed by atoms with Crippen LogP contribution in [0.15, 0.2) is 47.5 Å². The molecule has 0 aliphatic rings. The first-order chi connectivity index (χ1) is 12.3. The molecule has 2 aromatic rings. The summed E-state index contributed by atoms with van der Waals surface area (Å²) in [6, 6.07) is 11.8. The van der Waals surface area contributed by atoms with Crippen LogP contribution >= 0.6 is 0 Å². The molecule has 0 spiro atoms. The summed E-state index contributed by atoms with van der Waals surface area (Å²) in [6.45, 7) is 5.07. The number of esters is 1. The molecule has 0 amide bonds. The van der Waals surface area contributed by atoms with E-state index >= 15 is 0 Å². The molecule has 0 fully saturated rings. The number of aliphatic imine (C=N–C) groups is 1. The molecule has 0 bridgehead atoms. The molecule has 0 N–H and O–H groups in total. The number of rotatable bonds is 7. The van der Waals surface area contributed by atoms with Crippen molar-refractivity contribution < 1.29 is 19.2 Å². The number of carbonyl (C=O) groups is 1. The van der Waals surface area contributed by atoms with E-state index in [9.17, 15) is 14.9 Å². The number of hydrogen-bond acceptors (Lipinski definition) is 6. The summed E-state index contributed by atoms with van der Waals surface area (Å²) in [7, 11) is 0. The SMILES string of the molecule is Cc1ccc(N=Cc2ccc(OCC(=O)OC(C)C)cc2)cc1[N+](=O)[O-]. The predicted molar refractivity (Wildman–Crippen MR) is 98.3 cm³/mol. The summed E-state index contributed by atoms with van der Waals surface area (Å²) in [4.78, 5) is 26.2. The van der Waals surface area contributed by atoms with Crippen molar-refractivity contribution in [3.8, 4) is 5.75 Å². The Labute approximate surface area is 151 Å². The smallest absolute Gasteiger partial charge is 0.344 e. The lowest BCUT2D eigenvalue weighted by atomic mass is 10.2. The molecule has 7 heteroatoms. The first-order valence-corrected chi connectivity index (χ1v) is 8.06.